The van der Waals surface area contributed by atoms with Crippen molar-refractivity contribution in [2.75, 3.05) is 7.11 Å². The lowest BCUT2D eigenvalue weighted by Crippen LogP contribution is -2.43. The topological polar surface area (TPSA) is 64.3 Å². The summed E-state index contributed by atoms with van der Waals surface area (Å²) in [7, 11) is 1.58. The second-order valence-electron chi connectivity index (χ2n) is 4.96. The molecule has 0 saturated carbocycles. The summed E-state index contributed by atoms with van der Waals surface area (Å²) in [6.07, 6.45) is 5.05. The zero-order valence-corrected chi connectivity index (χ0v) is 10.3. The molecule has 16 heavy (non-hydrogen) atoms. The molecule has 2 atom stereocenters. The molecule has 2 unspecified atom stereocenters. The number of carbonyl (C=O) groups excluding carboxylic acids is 1. The zero-order valence-electron chi connectivity index (χ0n) is 10.3. The highest BCUT2D eigenvalue weighted by Crippen LogP contribution is 2.13. The lowest BCUT2D eigenvalue weighted by molar-refractivity contribution is -0.118. The predicted octanol–water partition coefficient (Wildman–Crippen LogP) is 0.740. The molecule has 0 aliphatic heterocycles. The molecule has 1 rings (SSSR count). The van der Waals surface area contributed by atoms with E-state index in [0.717, 1.165) is 0 Å². The highest BCUT2D eigenvalue weighted by Gasteiger charge is 2.22. The van der Waals surface area contributed by atoms with Gasteiger partial charge in [-0.25, -0.2) is 0 Å². The maximum absolute atomic E-state index is 11.9. The minimum atomic E-state index is -0.242. The maximum atomic E-state index is 11.9. The molecule has 1 amide bonds. The number of nitrogens with two attached hydrogens (primary N) is 1. The molecule has 0 saturated heterocycles. The maximum Gasteiger partial charge on any atom is 0.251 e. The molecule has 1 aliphatic carbocycles. The first-order valence-electron chi connectivity index (χ1n) is 5.34. The zero-order chi connectivity index (χ0) is 12.3. The molecule has 0 radical (unpaired) electrons. The van der Waals surface area contributed by atoms with E-state index in [0.29, 0.717) is 5.57 Å². The summed E-state index contributed by atoms with van der Waals surface area (Å²) in [6.45, 7) is 5.83. The van der Waals surface area contributed by atoms with Crippen molar-refractivity contribution in [1.82, 2.24) is 5.32 Å². The van der Waals surface area contributed by atoms with Gasteiger partial charge in [0.05, 0.1) is 12.1 Å². The molecular formula is C12H20N2O2. The normalized spacial score (nSPS) is 25.2. The Morgan fingerprint density at radius 1 is 1.50 bits per heavy atom. The van der Waals surface area contributed by atoms with E-state index in [2.05, 4.69) is 5.32 Å². The van der Waals surface area contributed by atoms with Crippen LogP contribution in [0.1, 0.15) is 20.8 Å². The number of hydrogen-bond acceptors (Lipinski definition) is 3. The van der Waals surface area contributed by atoms with Gasteiger partial charge in [0.1, 0.15) is 0 Å². The predicted molar refractivity (Wildman–Crippen MR) is 63.9 cm³/mol. The third-order valence-electron chi connectivity index (χ3n) is 2.24. The quantitative estimate of drug-likeness (QED) is 0.727. The van der Waals surface area contributed by atoms with Gasteiger partial charge in [-0.3, -0.25) is 4.79 Å². The largest absolute Gasteiger partial charge is 0.375 e. The van der Waals surface area contributed by atoms with Crippen LogP contribution in [0.2, 0.25) is 0 Å². The number of rotatable bonds is 2. The van der Waals surface area contributed by atoms with Crippen molar-refractivity contribution in [2.24, 2.45) is 5.73 Å². The van der Waals surface area contributed by atoms with Crippen LogP contribution >= 0.6 is 0 Å². The molecule has 3 N–H and O–H groups in total. The molecule has 1 aliphatic rings. The third-order valence-corrected chi connectivity index (χ3v) is 2.24. The van der Waals surface area contributed by atoms with Gasteiger partial charge in [0.15, 0.2) is 0 Å². The standard InChI is InChI=1S/C12H20N2O2/c1-12(2,3)14-11(15)8-5-6-9(13)10(7-8)16-4/h5-7,9-10H,13H2,1-4H3,(H,14,15). The van der Waals surface area contributed by atoms with Crippen LogP contribution in [0, 0.1) is 0 Å². The Balaban J connectivity index is 2.74. The first-order chi connectivity index (χ1) is 7.33. The van der Waals surface area contributed by atoms with Crippen LogP contribution in [0.4, 0.5) is 0 Å². The van der Waals surface area contributed by atoms with Gasteiger partial charge in [0.2, 0.25) is 0 Å². The molecule has 0 fully saturated rings. The van der Waals surface area contributed by atoms with Gasteiger partial charge in [0.25, 0.3) is 5.91 Å². The van der Waals surface area contributed by atoms with Crippen molar-refractivity contribution < 1.29 is 9.53 Å². The summed E-state index contributed by atoms with van der Waals surface area (Å²) in [6, 6.07) is -0.184. The number of nitrogens with one attached hydrogen (secondary N) is 1. The van der Waals surface area contributed by atoms with Crippen molar-refractivity contribution >= 4 is 5.91 Å². The van der Waals surface area contributed by atoms with E-state index in [1.165, 1.54) is 0 Å². The molecule has 0 aromatic heterocycles. The van der Waals surface area contributed by atoms with Crippen molar-refractivity contribution in [1.29, 1.82) is 0 Å². The molecule has 4 nitrogen and oxygen atoms in total. The highest BCUT2D eigenvalue weighted by atomic mass is 16.5. The number of carbonyl (C=O) groups is 1. The van der Waals surface area contributed by atoms with Crippen molar-refractivity contribution in [3.05, 3.63) is 23.8 Å². The van der Waals surface area contributed by atoms with Crippen molar-refractivity contribution in [3.63, 3.8) is 0 Å². The van der Waals surface area contributed by atoms with Crippen LogP contribution in [0.15, 0.2) is 23.8 Å². The molecule has 0 bridgehead atoms. The summed E-state index contributed by atoms with van der Waals surface area (Å²) in [4.78, 5) is 11.9. The van der Waals surface area contributed by atoms with Gasteiger partial charge in [-0.1, -0.05) is 12.2 Å². The molecule has 0 heterocycles. The first kappa shape index (κ1) is 12.9. The van der Waals surface area contributed by atoms with E-state index < -0.39 is 0 Å². The molecule has 0 aromatic carbocycles. The summed E-state index contributed by atoms with van der Waals surface area (Å²) in [5.41, 5.74) is 6.15. The van der Waals surface area contributed by atoms with Crippen LogP contribution < -0.4 is 11.1 Å². The highest BCUT2D eigenvalue weighted by molar-refractivity contribution is 5.97. The van der Waals surface area contributed by atoms with Crippen LogP contribution in [0.5, 0.6) is 0 Å². The van der Waals surface area contributed by atoms with Crippen LogP contribution in [0.3, 0.4) is 0 Å². The van der Waals surface area contributed by atoms with Crippen LogP contribution in [0.25, 0.3) is 0 Å². The average Bonchev–Trinajstić information content (AvgIpc) is 2.15. The fraction of sp³-hybridized carbons (Fsp3) is 0.583. The Labute approximate surface area is 96.5 Å². The summed E-state index contributed by atoms with van der Waals surface area (Å²) < 4.78 is 5.18. The lowest BCUT2D eigenvalue weighted by Gasteiger charge is -2.24. The fourth-order valence-corrected chi connectivity index (χ4v) is 1.46. The number of methoxy groups -OCH3 is 1. The lowest BCUT2D eigenvalue weighted by atomic mass is 9.99. The van der Waals surface area contributed by atoms with Gasteiger partial charge >= 0.3 is 0 Å². The van der Waals surface area contributed by atoms with Crippen LogP contribution in [-0.2, 0) is 9.53 Å². The van der Waals surface area contributed by atoms with E-state index in [1.807, 2.05) is 20.8 Å². The smallest absolute Gasteiger partial charge is 0.251 e. The number of hydrogen-bond donors (Lipinski definition) is 2. The Morgan fingerprint density at radius 3 is 2.62 bits per heavy atom. The minimum absolute atomic E-state index is 0.0994. The summed E-state index contributed by atoms with van der Waals surface area (Å²) >= 11 is 0. The Morgan fingerprint density at radius 2 is 2.12 bits per heavy atom. The second-order valence-corrected chi connectivity index (χ2v) is 4.96. The molecule has 4 heteroatoms. The summed E-state index contributed by atoms with van der Waals surface area (Å²) in [5, 5.41) is 2.89. The van der Waals surface area contributed by atoms with Gasteiger partial charge in [0, 0.05) is 18.2 Å². The molecule has 0 spiro atoms. The van der Waals surface area contributed by atoms with E-state index in [-0.39, 0.29) is 23.6 Å². The second kappa shape index (κ2) is 4.80. The Kier molecular flexibility index (Phi) is 3.88. The van der Waals surface area contributed by atoms with E-state index in [9.17, 15) is 4.79 Å². The number of amides is 1. The fourth-order valence-electron chi connectivity index (χ4n) is 1.46. The van der Waals surface area contributed by atoms with Gasteiger partial charge in [-0.2, -0.15) is 0 Å². The van der Waals surface area contributed by atoms with E-state index in [4.69, 9.17) is 10.5 Å². The van der Waals surface area contributed by atoms with Gasteiger partial charge in [-0.05, 0) is 26.8 Å². The minimum Gasteiger partial charge on any atom is -0.375 e. The van der Waals surface area contributed by atoms with E-state index in [1.54, 1.807) is 25.3 Å². The van der Waals surface area contributed by atoms with E-state index >= 15 is 0 Å². The van der Waals surface area contributed by atoms with Crippen molar-refractivity contribution in [2.45, 2.75) is 38.5 Å². The first-order valence-corrected chi connectivity index (χ1v) is 5.34. The Hall–Kier alpha value is -1.13. The monoisotopic (exact) mass is 224 g/mol. The molecule has 0 aromatic rings. The van der Waals surface area contributed by atoms with Gasteiger partial charge < -0.3 is 15.8 Å². The average molecular weight is 224 g/mol. The summed E-state index contributed by atoms with van der Waals surface area (Å²) in [5.74, 6) is -0.0994. The molecular weight excluding hydrogens is 204 g/mol. The Bertz CT molecular complexity index is 326. The van der Waals surface area contributed by atoms with Crippen LogP contribution in [-0.4, -0.2) is 30.7 Å². The molecule has 90 valence electrons. The van der Waals surface area contributed by atoms with Gasteiger partial charge in [-0.15, -0.1) is 0 Å². The SMILES string of the molecule is COC1C=C(C(=O)NC(C)(C)C)C=CC1N. The third kappa shape index (κ3) is 3.47. The van der Waals surface area contributed by atoms with Crippen molar-refractivity contribution in [3.8, 4) is 0 Å². The number of ether oxygens (including phenoxy) is 1.